The number of carbonyl (C=O) groups is 2. The van der Waals surface area contributed by atoms with Gasteiger partial charge in [-0.15, -0.1) is 0 Å². The summed E-state index contributed by atoms with van der Waals surface area (Å²) < 4.78 is 38.5. The molecule has 0 aliphatic rings. The minimum absolute atomic E-state index is 0.106. The van der Waals surface area contributed by atoms with Gasteiger partial charge in [0.05, 0.1) is 6.61 Å². The molecule has 37 heavy (non-hydrogen) atoms. The molecule has 0 unspecified atom stereocenters. The monoisotopic (exact) mass is 525 g/mol. The number of ether oxygens (including phenoxy) is 2. The Morgan fingerprint density at radius 2 is 1.35 bits per heavy atom. The lowest BCUT2D eigenvalue weighted by Crippen LogP contribution is -2.45. The molecule has 7 heteroatoms. The number of alkyl carbamates (subject to hydrolysis) is 1. The second-order valence-electron chi connectivity index (χ2n) is 11.1. The van der Waals surface area contributed by atoms with Crippen LogP contribution in [0.15, 0.2) is 18.2 Å². The molecule has 0 aromatic heterocycles. The van der Waals surface area contributed by atoms with Crippen LogP contribution in [0.4, 0.5) is 13.6 Å². The maximum absolute atomic E-state index is 13.7. The van der Waals surface area contributed by atoms with Gasteiger partial charge >= 0.3 is 12.1 Å². The molecule has 0 spiro atoms. The van der Waals surface area contributed by atoms with Crippen LogP contribution in [-0.2, 0) is 20.7 Å². The van der Waals surface area contributed by atoms with E-state index in [0.717, 1.165) is 43.9 Å². The first-order chi connectivity index (χ1) is 17.5. The molecule has 0 saturated carbocycles. The molecule has 1 aromatic rings. The van der Waals surface area contributed by atoms with E-state index in [0.29, 0.717) is 0 Å². The van der Waals surface area contributed by atoms with E-state index in [-0.39, 0.29) is 24.5 Å². The van der Waals surface area contributed by atoms with Crippen LogP contribution in [0.25, 0.3) is 0 Å². The molecule has 0 heterocycles. The van der Waals surface area contributed by atoms with Gasteiger partial charge in [0.2, 0.25) is 0 Å². The fourth-order valence-corrected chi connectivity index (χ4v) is 4.29. The number of esters is 1. The van der Waals surface area contributed by atoms with Crippen LogP contribution < -0.4 is 5.32 Å². The van der Waals surface area contributed by atoms with E-state index < -0.39 is 35.3 Å². The fourth-order valence-electron chi connectivity index (χ4n) is 4.29. The average Bonchev–Trinajstić information content (AvgIpc) is 2.79. The molecule has 1 amide bonds. The largest absolute Gasteiger partial charge is 0.464 e. The van der Waals surface area contributed by atoms with Gasteiger partial charge in [0.1, 0.15) is 23.3 Å². The van der Waals surface area contributed by atoms with Crippen molar-refractivity contribution in [2.75, 3.05) is 6.61 Å². The highest BCUT2D eigenvalue weighted by Gasteiger charge is 2.27. The van der Waals surface area contributed by atoms with Crippen LogP contribution in [-0.4, -0.2) is 30.3 Å². The number of amides is 1. The summed E-state index contributed by atoms with van der Waals surface area (Å²) >= 11 is 0. The van der Waals surface area contributed by atoms with Crippen LogP contribution in [0.5, 0.6) is 0 Å². The summed E-state index contributed by atoms with van der Waals surface area (Å²) in [5.41, 5.74) is -0.511. The van der Waals surface area contributed by atoms with Crippen molar-refractivity contribution in [1.29, 1.82) is 0 Å². The van der Waals surface area contributed by atoms with Gasteiger partial charge in [0, 0.05) is 12.5 Å². The number of rotatable bonds is 18. The minimum Gasteiger partial charge on any atom is -0.464 e. The van der Waals surface area contributed by atoms with Gasteiger partial charge in [-0.1, -0.05) is 78.1 Å². The summed E-state index contributed by atoms with van der Waals surface area (Å²) in [4.78, 5) is 25.5. The SMILES string of the molecule is CCCCCCCC(CCCCCCC)COC(=O)[C@H](Cc1cc(F)cc(F)c1)NC(=O)OC(C)(C)C. The third-order valence-electron chi connectivity index (χ3n) is 6.23. The Kier molecular flexibility index (Phi) is 16.1. The highest BCUT2D eigenvalue weighted by molar-refractivity contribution is 5.81. The van der Waals surface area contributed by atoms with Crippen molar-refractivity contribution in [1.82, 2.24) is 5.32 Å². The molecule has 5 nitrogen and oxygen atoms in total. The maximum atomic E-state index is 13.7. The molecule has 1 atom stereocenters. The molecule has 1 N–H and O–H groups in total. The van der Waals surface area contributed by atoms with Gasteiger partial charge in [-0.3, -0.25) is 0 Å². The van der Waals surface area contributed by atoms with Gasteiger partial charge in [0.25, 0.3) is 0 Å². The predicted molar refractivity (Wildman–Crippen MR) is 144 cm³/mol. The van der Waals surface area contributed by atoms with Crippen molar-refractivity contribution < 1.29 is 27.8 Å². The topological polar surface area (TPSA) is 64.6 Å². The lowest BCUT2D eigenvalue weighted by atomic mass is 9.95. The van der Waals surface area contributed by atoms with E-state index in [1.54, 1.807) is 20.8 Å². The Morgan fingerprint density at radius 3 is 1.84 bits per heavy atom. The Morgan fingerprint density at radius 1 is 0.838 bits per heavy atom. The molecular weight excluding hydrogens is 476 g/mol. The van der Waals surface area contributed by atoms with Crippen molar-refractivity contribution in [3.8, 4) is 0 Å². The van der Waals surface area contributed by atoms with E-state index in [4.69, 9.17) is 9.47 Å². The van der Waals surface area contributed by atoms with Gasteiger partial charge in [0.15, 0.2) is 0 Å². The molecule has 0 saturated heterocycles. The third kappa shape index (κ3) is 16.3. The third-order valence-corrected chi connectivity index (χ3v) is 6.23. The van der Waals surface area contributed by atoms with Crippen molar-refractivity contribution in [3.63, 3.8) is 0 Å². The van der Waals surface area contributed by atoms with E-state index in [2.05, 4.69) is 19.2 Å². The zero-order valence-corrected chi connectivity index (χ0v) is 23.7. The van der Waals surface area contributed by atoms with Gasteiger partial charge < -0.3 is 14.8 Å². The number of benzene rings is 1. The number of hydrogen-bond donors (Lipinski definition) is 1. The number of unbranched alkanes of at least 4 members (excludes halogenated alkanes) is 8. The van der Waals surface area contributed by atoms with Crippen LogP contribution in [0, 0.1) is 17.6 Å². The molecule has 212 valence electrons. The Hall–Kier alpha value is -2.18. The second-order valence-corrected chi connectivity index (χ2v) is 11.1. The number of nitrogens with one attached hydrogen (secondary N) is 1. The highest BCUT2D eigenvalue weighted by Crippen LogP contribution is 2.20. The molecule has 0 radical (unpaired) electrons. The summed E-state index contributed by atoms with van der Waals surface area (Å²) in [5.74, 6) is -1.87. The summed E-state index contributed by atoms with van der Waals surface area (Å²) in [5, 5.41) is 2.54. The van der Waals surface area contributed by atoms with Gasteiger partial charge in [-0.05, 0) is 57.2 Å². The van der Waals surface area contributed by atoms with Crippen molar-refractivity contribution >= 4 is 12.1 Å². The summed E-state index contributed by atoms with van der Waals surface area (Å²) in [6.45, 7) is 9.80. The number of carbonyl (C=O) groups excluding carboxylic acids is 2. The average molecular weight is 526 g/mol. The van der Waals surface area contributed by atoms with E-state index in [1.165, 1.54) is 51.4 Å². The van der Waals surface area contributed by atoms with Crippen molar-refractivity contribution in [3.05, 3.63) is 35.4 Å². The molecule has 1 rings (SSSR count). The Balaban J connectivity index is 2.83. The lowest BCUT2D eigenvalue weighted by Gasteiger charge is -2.24. The minimum atomic E-state index is -1.12. The first kappa shape index (κ1) is 32.8. The smallest absolute Gasteiger partial charge is 0.408 e. The molecule has 1 aromatic carbocycles. The van der Waals surface area contributed by atoms with Crippen LogP contribution >= 0.6 is 0 Å². The van der Waals surface area contributed by atoms with E-state index >= 15 is 0 Å². The summed E-state index contributed by atoms with van der Waals surface area (Å²) in [6, 6.07) is 1.94. The lowest BCUT2D eigenvalue weighted by molar-refractivity contribution is -0.147. The van der Waals surface area contributed by atoms with Crippen molar-refractivity contribution in [2.45, 2.75) is 130 Å². The highest BCUT2D eigenvalue weighted by atomic mass is 19.1. The molecular formula is C30H49F2NO4. The Bertz CT molecular complexity index is 760. The normalized spacial score (nSPS) is 12.4. The van der Waals surface area contributed by atoms with Crippen LogP contribution in [0.1, 0.15) is 117 Å². The standard InChI is InChI=1S/C30H49F2NO4/c1-6-8-10-12-14-16-23(17-15-13-11-9-7-2)22-36-28(34)27(33-29(35)37-30(3,4)5)20-24-18-25(31)21-26(32)19-24/h18-19,21,23,27H,6-17,20,22H2,1-5H3,(H,33,35)/t27-/m0/s1. The zero-order valence-electron chi connectivity index (χ0n) is 23.7. The van der Waals surface area contributed by atoms with Crippen molar-refractivity contribution in [2.24, 2.45) is 5.92 Å². The number of hydrogen-bond acceptors (Lipinski definition) is 4. The molecule has 0 bridgehead atoms. The molecule has 0 aliphatic carbocycles. The zero-order chi connectivity index (χ0) is 27.7. The van der Waals surface area contributed by atoms with E-state index in [1.807, 2.05) is 0 Å². The van der Waals surface area contributed by atoms with Gasteiger partial charge in [-0.25, -0.2) is 18.4 Å². The fraction of sp³-hybridized carbons (Fsp3) is 0.733. The van der Waals surface area contributed by atoms with Crippen LogP contribution in [0.2, 0.25) is 0 Å². The molecule has 0 aliphatic heterocycles. The quantitative estimate of drug-likeness (QED) is 0.155. The van der Waals surface area contributed by atoms with Gasteiger partial charge in [-0.2, -0.15) is 0 Å². The Labute approximate surface area is 223 Å². The van der Waals surface area contributed by atoms with E-state index in [9.17, 15) is 18.4 Å². The number of halogens is 2. The second kappa shape index (κ2) is 18.1. The first-order valence-electron chi connectivity index (χ1n) is 14.1. The predicted octanol–water partition coefficient (Wildman–Crippen LogP) is 8.28. The van der Waals surface area contributed by atoms with Crippen LogP contribution in [0.3, 0.4) is 0 Å². The molecule has 0 fully saturated rings. The maximum Gasteiger partial charge on any atom is 0.408 e. The summed E-state index contributed by atoms with van der Waals surface area (Å²) in [6.07, 6.45) is 12.9. The summed E-state index contributed by atoms with van der Waals surface area (Å²) in [7, 11) is 0. The first-order valence-corrected chi connectivity index (χ1v) is 14.1.